The average Bonchev–Trinajstić information content (AvgIpc) is 2.37. The van der Waals surface area contributed by atoms with Gasteiger partial charge in [-0.05, 0) is 58.2 Å². The lowest BCUT2D eigenvalue weighted by Gasteiger charge is -2.45. The number of piperidine rings is 1. The number of hydrogen-bond donors (Lipinski definition) is 1. The Bertz CT molecular complexity index is 426. The number of hydrogen-bond acceptors (Lipinski definition) is 4. The molecule has 5 nitrogen and oxygen atoms in total. The summed E-state index contributed by atoms with van der Waals surface area (Å²) in [5.74, 6) is 0. The smallest absolute Gasteiger partial charge is 0.410 e. The topological polar surface area (TPSA) is 59.0 Å². The molecule has 1 heterocycles. The van der Waals surface area contributed by atoms with Gasteiger partial charge in [-0.3, -0.25) is 0 Å². The number of carbonyl (C=O) groups excluding carboxylic acids is 1. The maximum Gasteiger partial charge on any atom is 0.410 e. The first kappa shape index (κ1) is 21.4. The minimum atomic E-state index is -1.87. The second kappa shape index (κ2) is 7.75. The van der Waals surface area contributed by atoms with Gasteiger partial charge in [0.2, 0.25) is 0 Å². The van der Waals surface area contributed by atoms with Crippen LogP contribution in [-0.4, -0.2) is 55.3 Å². The van der Waals surface area contributed by atoms with Crippen LogP contribution < -0.4 is 0 Å². The summed E-state index contributed by atoms with van der Waals surface area (Å²) < 4.78 is 12.1. The molecule has 1 rings (SSSR count). The number of aliphatic hydroxyl groups is 1. The van der Waals surface area contributed by atoms with Crippen LogP contribution in [0.15, 0.2) is 0 Å². The first-order valence-electron chi connectivity index (χ1n) is 9.05. The summed E-state index contributed by atoms with van der Waals surface area (Å²) in [5.41, 5.74) is -0.520. The minimum Gasteiger partial charge on any atom is -0.444 e. The van der Waals surface area contributed by atoms with E-state index in [0.717, 1.165) is 12.8 Å². The monoisotopic (exact) mass is 359 g/mol. The molecule has 1 saturated heterocycles. The van der Waals surface area contributed by atoms with Crippen molar-refractivity contribution in [2.24, 2.45) is 0 Å². The third kappa shape index (κ3) is 6.04. The molecule has 24 heavy (non-hydrogen) atoms. The molecule has 0 bridgehead atoms. The maximum atomic E-state index is 12.6. The van der Waals surface area contributed by atoms with Crippen LogP contribution in [0.25, 0.3) is 0 Å². The van der Waals surface area contributed by atoms with Gasteiger partial charge < -0.3 is 19.2 Å². The van der Waals surface area contributed by atoms with Crippen molar-refractivity contribution in [2.45, 2.75) is 96.7 Å². The zero-order valence-corrected chi connectivity index (χ0v) is 17.8. The third-order valence-corrected chi connectivity index (χ3v) is 9.56. The van der Waals surface area contributed by atoms with Crippen molar-refractivity contribution in [1.29, 1.82) is 0 Å². The summed E-state index contributed by atoms with van der Waals surface area (Å²) in [6, 6.07) is 0.0316. The molecule has 0 aromatic carbocycles. The van der Waals surface area contributed by atoms with Crippen molar-refractivity contribution in [3.05, 3.63) is 0 Å². The summed E-state index contributed by atoms with van der Waals surface area (Å²) >= 11 is 0. The molecule has 0 aromatic heterocycles. The van der Waals surface area contributed by atoms with Gasteiger partial charge in [0.1, 0.15) is 5.60 Å². The highest BCUT2D eigenvalue weighted by molar-refractivity contribution is 6.74. The second-order valence-electron chi connectivity index (χ2n) is 9.38. The Morgan fingerprint density at radius 1 is 1.17 bits per heavy atom. The van der Waals surface area contributed by atoms with Crippen LogP contribution in [0.1, 0.15) is 60.8 Å². The van der Waals surface area contributed by atoms with E-state index in [-0.39, 0.29) is 29.9 Å². The highest BCUT2D eigenvalue weighted by atomic mass is 28.4. The quantitative estimate of drug-likeness (QED) is 0.766. The Morgan fingerprint density at radius 2 is 1.75 bits per heavy atom. The molecule has 0 aromatic rings. The molecule has 0 aliphatic carbocycles. The van der Waals surface area contributed by atoms with Crippen LogP contribution >= 0.6 is 0 Å². The Hall–Kier alpha value is -0.593. The molecule has 1 amide bonds. The minimum absolute atomic E-state index is 0.0316. The van der Waals surface area contributed by atoms with Crippen molar-refractivity contribution in [3.8, 4) is 0 Å². The van der Waals surface area contributed by atoms with E-state index < -0.39 is 13.9 Å². The van der Waals surface area contributed by atoms with Gasteiger partial charge in [-0.1, -0.05) is 20.8 Å². The summed E-state index contributed by atoms with van der Waals surface area (Å²) in [6.45, 7) is 17.4. The van der Waals surface area contributed by atoms with E-state index in [9.17, 15) is 9.90 Å². The molecule has 142 valence electrons. The lowest BCUT2D eigenvalue weighted by atomic mass is 9.98. The van der Waals surface area contributed by atoms with Gasteiger partial charge >= 0.3 is 6.09 Å². The molecular weight excluding hydrogens is 322 g/mol. The van der Waals surface area contributed by atoms with Crippen molar-refractivity contribution in [1.82, 2.24) is 4.90 Å². The Balaban J connectivity index is 2.83. The number of ether oxygens (including phenoxy) is 1. The lowest BCUT2D eigenvalue weighted by molar-refractivity contribution is -0.0138. The van der Waals surface area contributed by atoms with E-state index in [1.807, 2.05) is 20.8 Å². The van der Waals surface area contributed by atoms with Gasteiger partial charge in [0.05, 0.1) is 6.10 Å². The van der Waals surface area contributed by atoms with Gasteiger partial charge in [0.15, 0.2) is 8.32 Å². The number of amides is 1. The molecule has 1 N–H and O–H groups in total. The van der Waals surface area contributed by atoms with E-state index in [2.05, 4.69) is 33.9 Å². The van der Waals surface area contributed by atoms with Crippen molar-refractivity contribution >= 4 is 14.4 Å². The molecule has 0 saturated carbocycles. The zero-order valence-electron chi connectivity index (χ0n) is 16.8. The molecule has 1 fully saturated rings. The highest BCUT2D eigenvalue weighted by Crippen LogP contribution is 2.38. The van der Waals surface area contributed by atoms with Crippen LogP contribution in [0, 0.1) is 0 Å². The largest absolute Gasteiger partial charge is 0.444 e. The van der Waals surface area contributed by atoms with Crippen molar-refractivity contribution < 1.29 is 19.1 Å². The average molecular weight is 360 g/mol. The van der Waals surface area contributed by atoms with Gasteiger partial charge in [-0.2, -0.15) is 0 Å². The molecule has 2 atom stereocenters. The summed E-state index contributed by atoms with van der Waals surface area (Å²) in [6.07, 6.45) is 2.11. The molecular formula is C18H37NO4Si. The lowest BCUT2D eigenvalue weighted by Crippen LogP contribution is -2.54. The van der Waals surface area contributed by atoms with E-state index in [4.69, 9.17) is 9.16 Å². The fourth-order valence-corrected chi connectivity index (χ4v) is 4.06. The SMILES string of the molecule is CC(C)(C)OC(=O)N1C[C@H](O[Si](C)(C)C(C)(C)C)CC[C@@H]1CCO. The summed E-state index contributed by atoms with van der Waals surface area (Å²) in [7, 11) is -1.87. The van der Waals surface area contributed by atoms with Gasteiger partial charge in [0.25, 0.3) is 0 Å². The van der Waals surface area contributed by atoms with E-state index in [0.29, 0.717) is 13.0 Å². The van der Waals surface area contributed by atoms with Crippen LogP contribution in [0.5, 0.6) is 0 Å². The summed E-state index contributed by atoms with van der Waals surface area (Å²) in [5, 5.41) is 9.45. The molecule has 0 unspecified atom stereocenters. The first-order valence-corrected chi connectivity index (χ1v) is 12.0. The maximum absolute atomic E-state index is 12.6. The Labute approximate surface area is 148 Å². The Morgan fingerprint density at radius 3 is 2.21 bits per heavy atom. The fourth-order valence-electron chi connectivity index (χ4n) is 2.68. The number of rotatable bonds is 4. The normalized spacial score (nSPS) is 23.3. The Kier molecular flexibility index (Phi) is 6.92. The summed E-state index contributed by atoms with van der Waals surface area (Å²) in [4.78, 5) is 14.4. The van der Waals surface area contributed by atoms with E-state index in [1.165, 1.54) is 0 Å². The second-order valence-corrected chi connectivity index (χ2v) is 14.1. The first-order chi connectivity index (χ1) is 10.8. The molecule has 1 aliphatic heterocycles. The van der Waals surface area contributed by atoms with Gasteiger partial charge in [-0.15, -0.1) is 0 Å². The van der Waals surface area contributed by atoms with E-state index >= 15 is 0 Å². The number of likely N-dealkylation sites (tertiary alicyclic amines) is 1. The highest BCUT2D eigenvalue weighted by Gasteiger charge is 2.42. The number of carbonyl (C=O) groups is 1. The standard InChI is InChI=1S/C18H37NO4Si/c1-17(2,3)22-16(21)19-13-15(10-9-14(19)11-12-20)23-24(7,8)18(4,5)6/h14-15,20H,9-13H2,1-8H3/t14-,15-/m1/s1. The number of aliphatic hydroxyl groups excluding tert-OH is 1. The fraction of sp³-hybridized carbons (Fsp3) is 0.944. The van der Waals surface area contributed by atoms with Gasteiger partial charge in [0, 0.05) is 19.2 Å². The van der Waals surface area contributed by atoms with Crippen LogP contribution in [0.4, 0.5) is 4.79 Å². The third-order valence-electron chi connectivity index (χ3n) is 5.02. The zero-order chi connectivity index (χ0) is 18.8. The van der Waals surface area contributed by atoms with Crippen LogP contribution in [0.2, 0.25) is 18.1 Å². The predicted molar refractivity (Wildman–Crippen MR) is 99.7 cm³/mol. The predicted octanol–water partition coefficient (Wildman–Crippen LogP) is 4.16. The van der Waals surface area contributed by atoms with E-state index in [1.54, 1.807) is 4.90 Å². The van der Waals surface area contributed by atoms with Gasteiger partial charge in [-0.25, -0.2) is 4.79 Å². The van der Waals surface area contributed by atoms with Crippen molar-refractivity contribution in [2.75, 3.05) is 13.2 Å². The molecule has 0 radical (unpaired) electrons. The number of nitrogens with zero attached hydrogens (tertiary/aromatic N) is 1. The van der Waals surface area contributed by atoms with Crippen LogP contribution in [-0.2, 0) is 9.16 Å². The van der Waals surface area contributed by atoms with Crippen LogP contribution in [0.3, 0.4) is 0 Å². The van der Waals surface area contributed by atoms with Crippen molar-refractivity contribution in [3.63, 3.8) is 0 Å². The molecule has 6 heteroatoms. The molecule has 1 aliphatic rings. The molecule has 0 spiro atoms.